The highest BCUT2D eigenvalue weighted by Crippen LogP contribution is 2.34. The minimum Gasteiger partial charge on any atom is -0.495 e. The lowest BCUT2D eigenvalue weighted by Crippen LogP contribution is -2.25. The normalized spacial score (nSPS) is 11.5. The lowest BCUT2D eigenvalue weighted by molar-refractivity contribution is 0.204. The van der Waals surface area contributed by atoms with Gasteiger partial charge in [-0.05, 0) is 24.3 Å². The molecule has 0 unspecified atom stereocenters. The van der Waals surface area contributed by atoms with Crippen LogP contribution in [-0.4, -0.2) is 47.6 Å². The van der Waals surface area contributed by atoms with E-state index in [0.717, 1.165) is 11.2 Å². The van der Waals surface area contributed by atoms with Gasteiger partial charge in [0, 0.05) is 18.5 Å². The molecule has 2 aromatic heterocycles. The minimum absolute atomic E-state index is 0.00168. The van der Waals surface area contributed by atoms with Gasteiger partial charge in [-0.15, -0.1) is 5.10 Å². The average molecular weight is 397 g/mol. The Morgan fingerprint density at radius 2 is 2.04 bits per heavy atom. The lowest BCUT2D eigenvalue weighted by atomic mass is 10.2. The third kappa shape index (κ3) is 3.28. The molecular formula is C15H13ClN4O5S. The molecule has 1 N–H and O–H groups in total. The number of hydrogen-bond donors (Lipinski definition) is 1. The molecule has 0 aliphatic rings. The molecule has 136 valence electrons. The fourth-order valence-electron chi connectivity index (χ4n) is 2.31. The molecule has 0 radical (unpaired) electrons. The van der Waals surface area contributed by atoms with E-state index in [2.05, 4.69) is 10.1 Å². The smallest absolute Gasteiger partial charge is 0.419 e. The molecule has 0 aliphatic heterocycles. The predicted octanol–water partition coefficient (Wildman–Crippen LogP) is 2.61. The summed E-state index contributed by atoms with van der Waals surface area (Å²) in [5.41, 5.74) is 0.469. The molecule has 1 amide bonds. The van der Waals surface area contributed by atoms with E-state index in [0.29, 0.717) is 10.7 Å². The van der Waals surface area contributed by atoms with Crippen molar-refractivity contribution in [3.05, 3.63) is 41.6 Å². The van der Waals surface area contributed by atoms with Crippen LogP contribution in [0.15, 0.2) is 41.4 Å². The Hall–Kier alpha value is -2.85. The third-order valence-electron chi connectivity index (χ3n) is 3.50. The largest absolute Gasteiger partial charge is 0.495 e. The molecule has 1 aromatic carbocycles. The summed E-state index contributed by atoms with van der Waals surface area (Å²) in [6, 6.07) is 7.04. The topological polar surface area (TPSA) is 114 Å². The molecule has 0 saturated heterocycles. The van der Waals surface area contributed by atoms with Gasteiger partial charge in [0.25, 0.3) is 5.95 Å². The quantitative estimate of drug-likeness (QED) is 0.720. The number of hydrogen-bond acceptors (Lipinski definition) is 6. The van der Waals surface area contributed by atoms with Crippen molar-refractivity contribution < 1.29 is 23.1 Å². The number of sulfone groups is 1. The Morgan fingerprint density at radius 3 is 2.65 bits per heavy atom. The van der Waals surface area contributed by atoms with Gasteiger partial charge in [-0.25, -0.2) is 22.6 Å². The number of amides is 1. The van der Waals surface area contributed by atoms with Crippen LogP contribution in [0.1, 0.15) is 0 Å². The number of rotatable bonds is 4. The molecule has 0 aliphatic carbocycles. The number of carbonyl (C=O) groups is 1. The zero-order chi connectivity index (χ0) is 19.1. The first-order valence-corrected chi connectivity index (χ1v) is 9.41. The fraction of sp³-hybridized carbons (Fsp3) is 0.133. The van der Waals surface area contributed by atoms with Crippen LogP contribution in [0, 0.1) is 0 Å². The monoisotopic (exact) mass is 396 g/mol. The second-order valence-corrected chi connectivity index (χ2v) is 7.74. The van der Waals surface area contributed by atoms with E-state index in [1.807, 2.05) is 0 Å². The summed E-state index contributed by atoms with van der Waals surface area (Å²) in [4.78, 5) is 16.8. The van der Waals surface area contributed by atoms with Crippen LogP contribution < -0.4 is 9.64 Å². The van der Waals surface area contributed by atoms with Gasteiger partial charge in [0.2, 0.25) is 0 Å². The van der Waals surface area contributed by atoms with Crippen molar-refractivity contribution in [1.29, 1.82) is 0 Å². The van der Waals surface area contributed by atoms with Crippen LogP contribution in [0.2, 0.25) is 5.02 Å². The summed E-state index contributed by atoms with van der Waals surface area (Å²) in [7, 11) is -2.18. The molecule has 0 fully saturated rings. The van der Waals surface area contributed by atoms with Gasteiger partial charge in [0.15, 0.2) is 15.5 Å². The zero-order valence-electron chi connectivity index (χ0n) is 13.6. The molecule has 3 aromatic rings. The fourth-order valence-corrected chi connectivity index (χ4v) is 3.10. The number of carboxylic acid groups (broad SMARTS) is 1. The van der Waals surface area contributed by atoms with Crippen LogP contribution in [-0.2, 0) is 9.84 Å². The van der Waals surface area contributed by atoms with Gasteiger partial charge in [-0.1, -0.05) is 11.6 Å². The van der Waals surface area contributed by atoms with E-state index in [4.69, 9.17) is 16.3 Å². The number of anilines is 2. The van der Waals surface area contributed by atoms with Crippen molar-refractivity contribution in [3.8, 4) is 5.75 Å². The first-order chi connectivity index (χ1) is 12.2. The summed E-state index contributed by atoms with van der Waals surface area (Å²) >= 11 is 5.90. The van der Waals surface area contributed by atoms with Crippen LogP contribution in [0.25, 0.3) is 5.65 Å². The molecule has 9 nitrogen and oxygen atoms in total. The van der Waals surface area contributed by atoms with Gasteiger partial charge in [0.1, 0.15) is 5.75 Å². The van der Waals surface area contributed by atoms with Crippen molar-refractivity contribution in [2.75, 3.05) is 18.3 Å². The van der Waals surface area contributed by atoms with E-state index < -0.39 is 15.9 Å². The van der Waals surface area contributed by atoms with Crippen LogP contribution in [0.4, 0.5) is 16.4 Å². The lowest BCUT2D eigenvalue weighted by Gasteiger charge is -2.18. The number of fused-ring (bicyclic) bond motifs is 1. The van der Waals surface area contributed by atoms with Gasteiger partial charge in [-0.3, -0.25) is 0 Å². The highest BCUT2D eigenvalue weighted by molar-refractivity contribution is 7.90. The van der Waals surface area contributed by atoms with Gasteiger partial charge in [-0.2, -0.15) is 4.98 Å². The molecule has 0 spiro atoms. The van der Waals surface area contributed by atoms with Crippen molar-refractivity contribution in [3.63, 3.8) is 0 Å². The number of aromatic nitrogens is 3. The van der Waals surface area contributed by atoms with Crippen molar-refractivity contribution in [1.82, 2.24) is 14.6 Å². The number of pyridine rings is 1. The predicted molar refractivity (Wildman–Crippen MR) is 94.3 cm³/mol. The van der Waals surface area contributed by atoms with E-state index in [-0.39, 0.29) is 22.3 Å². The van der Waals surface area contributed by atoms with Gasteiger partial charge in [0.05, 0.1) is 22.7 Å². The maximum atomic E-state index is 11.8. The maximum absolute atomic E-state index is 11.8. The van der Waals surface area contributed by atoms with Crippen LogP contribution in [0.5, 0.6) is 5.75 Å². The Kier molecular flexibility index (Phi) is 4.46. The van der Waals surface area contributed by atoms with Crippen molar-refractivity contribution in [2.24, 2.45) is 0 Å². The molecule has 26 heavy (non-hydrogen) atoms. The summed E-state index contributed by atoms with van der Waals surface area (Å²) in [5, 5.41) is 14.2. The Labute approximate surface area is 153 Å². The number of methoxy groups -OCH3 is 1. The standard InChI is InChI=1S/C15H13ClN4O5S/c1-25-12-7-10(26(2,23)24)4-5-11(12)20(15(21)22)14-17-13-6-3-9(16)8-19(13)18-14/h3-8H,1-2H3,(H,21,22). The van der Waals surface area contributed by atoms with Gasteiger partial charge >= 0.3 is 6.09 Å². The molecule has 3 rings (SSSR count). The Morgan fingerprint density at radius 1 is 1.31 bits per heavy atom. The van der Waals surface area contributed by atoms with Crippen LogP contribution in [0.3, 0.4) is 0 Å². The number of nitrogens with zero attached hydrogens (tertiary/aromatic N) is 4. The number of halogens is 1. The third-order valence-corrected chi connectivity index (χ3v) is 4.83. The highest BCUT2D eigenvalue weighted by atomic mass is 35.5. The molecule has 0 bridgehead atoms. The van der Waals surface area contributed by atoms with E-state index in [9.17, 15) is 18.3 Å². The van der Waals surface area contributed by atoms with E-state index in [1.165, 1.54) is 36.0 Å². The van der Waals surface area contributed by atoms with E-state index >= 15 is 0 Å². The summed E-state index contributed by atoms with van der Waals surface area (Å²) < 4.78 is 29.9. The minimum atomic E-state index is -3.48. The zero-order valence-corrected chi connectivity index (χ0v) is 15.2. The highest BCUT2D eigenvalue weighted by Gasteiger charge is 2.26. The maximum Gasteiger partial charge on any atom is 0.419 e. The Bertz CT molecular complexity index is 1110. The molecule has 2 heterocycles. The molecule has 0 atom stereocenters. The first-order valence-electron chi connectivity index (χ1n) is 7.14. The second-order valence-electron chi connectivity index (χ2n) is 5.29. The molecule has 11 heteroatoms. The van der Waals surface area contributed by atoms with Crippen molar-refractivity contribution >= 4 is 44.8 Å². The number of benzene rings is 1. The molecule has 0 saturated carbocycles. The van der Waals surface area contributed by atoms with E-state index in [1.54, 1.807) is 12.1 Å². The van der Waals surface area contributed by atoms with Crippen molar-refractivity contribution in [2.45, 2.75) is 4.90 Å². The molecular weight excluding hydrogens is 384 g/mol. The summed E-state index contributed by atoms with van der Waals surface area (Å²) in [6.45, 7) is 0. The second kappa shape index (κ2) is 6.46. The number of ether oxygens (including phenoxy) is 1. The Balaban J connectivity index is 2.17. The van der Waals surface area contributed by atoms with Crippen LogP contribution >= 0.6 is 11.6 Å². The summed E-state index contributed by atoms with van der Waals surface area (Å²) in [6.07, 6.45) is 1.17. The first kappa shape index (κ1) is 18.0. The SMILES string of the molecule is COc1cc(S(C)(=O)=O)ccc1N(C(=O)O)c1nc2ccc(Cl)cn2n1. The average Bonchev–Trinajstić information content (AvgIpc) is 2.96. The summed E-state index contributed by atoms with van der Waals surface area (Å²) in [5.74, 6) is -0.0858. The van der Waals surface area contributed by atoms with Gasteiger partial charge < -0.3 is 9.84 Å².